The lowest BCUT2D eigenvalue weighted by Crippen LogP contribution is -2.29. The van der Waals surface area contributed by atoms with E-state index in [1.165, 1.54) is 32.2 Å². The van der Waals surface area contributed by atoms with Gasteiger partial charge in [-0.2, -0.15) is 0 Å². The van der Waals surface area contributed by atoms with Gasteiger partial charge in [0.1, 0.15) is 0 Å². The zero-order valence-electron chi connectivity index (χ0n) is 13.9. The van der Waals surface area contributed by atoms with Gasteiger partial charge in [-0.1, -0.05) is 24.3 Å². The van der Waals surface area contributed by atoms with Crippen LogP contribution in [-0.4, -0.2) is 25.1 Å². The van der Waals surface area contributed by atoms with E-state index < -0.39 is 23.8 Å². The molecule has 0 saturated heterocycles. The Labute approximate surface area is 145 Å². The third-order valence-corrected chi connectivity index (χ3v) is 3.29. The van der Waals surface area contributed by atoms with Crippen molar-refractivity contribution in [1.82, 2.24) is 0 Å². The predicted octanol–water partition coefficient (Wildman–Crippen LogP) is 3.42. The standard InChI is InChI=1S/C19H18FNO4/c1-13(19(23)21-15-6-4-3-5-7-15)25-18(22)11-9-14-8-10-17(24-2)16(20)12-14/h3-13H,1-2H3,(H,21,23)/b11-9+/t13-/m0/s1. The first kappa shape index (κ1) is 18.2. The molecule has 0 radical (unpaired) electrons. The summed E-state index contributed by atoms with van der Waals surface area (Å²) in [6.07, 6.45) is 1.56. The molecule has 0 bridgehead atoms. The van der Waals surface area contributed by atoms with Gasteiger partial charge < -0.3 is 14.8 Å². The van der Waals surface area contributed by atoms with Crippen LogP contribution in [0, 0.1) is 5.82 Å². The van der Waals surface area contributed by atoms with Crippen LogP contribution in [-0.2, 0) is 14.3 Å². The van der Waals surface area contributed by atoms with Crippen molar-refractivity contribution in [3.8, 4) is 5.75 Å². The summed E-state index contributed by atoms with van der Waals surface area (Å²) in [5.74, 6) is -1.56. The van der Waals surface area contributed by atoms with Crippen molar-refractivity contribution in [2.45, 2.75) is 13.0 Å². The van der Waals surface area contributed by atoms with Gasteiger partial charge >= 0.3 is 5.97 Å². The fourth-order valence-electron chi connectivity index (χ4n) is 1.98. The van der Waals surface area contributed by atoms with Crippen LogP contribution in [0.15, 0.2) is 54.6 Å². The second-order valence-electron chi connectivity index (χ2n) is 5.16. The lowest BCUT2D eigenvalue weighted by atomic mass is 10.2. The molecule has 2 aromatic rings. The van der Waals surface area contributed by atoms with Crippen molar-refractivity contribution in [2.24, 2.45) is 0 Å². The quantitative estimate of drug-likeness (QED) is 0.645. The Hall–Kier alpha value is -3.15. The Bertz CT molecular complexity index is 774. The van der Waals surface area contributed by atoms with Crippen LogP contribution < -0.4 is 10.1 Å². The first-order valence-electron chi connectivity index (χ1n) is 7.57. The second-order valence-corrected chi connectivity index (χ2v) is 5.16. The summed E-state index contributed by atoms with van der Waals surface area (Å²) in [5, 5.41) is 2.64. The molecule has 0 spiro atoms. The summed E-state index contributed by atoms with van der Waals surface area (Å²) in [7, 11) is 1.37. The number of anilines is 1. The molecule has 130 valence electrons. The summed E-state index contributed by atoms with van der Waals surface area (Å²) in [6, 6.07) is 13.1. The molecule has 0 saturated carbocycles. The maximum absolute atomic E-state index is 13.6. The predicted molar refractivity (Wildman–Crippen MR) is 92.6 cm³/mol. The number of amides is 1. The van der Waals surface area contributed by atoms with Gasteiger partial charge in [0.15, 0.2) is 17.7 Å². The molecule has 0 aliphatic rings. The fourth-order valence-corrected chi connectivity index (χ4v) is 1.98. The van der Waals surface area contributed by atoms with E-state index in [-0.39, 0.29) is 5.75 Å². The van der Waals surface area contributed by atoms with E-state index in [0.717, 1.165) is 6.08 Å². The minimum absolute atomic E-state index is 0.117. The zero-order valence-corrected chi connectivity index (χ0v) is 13.9. The molecule has 1 amide bonds. The molecule has 2 rings (SSSR count). The summed E-state index contributed by atoms with van der Waals surface area (Å²) in [5.41, 5.74) is 1.08. The summed E-state index contributed by atoms with van der Waals surface area (Å²) in [4.78, 5) is 23.7. The van der Waals surface area contributed by atoms with E-state index in [2.05, 4.69) is 5.32 Å². The van der Waals surface area contributed by atoms with E-state index in [9.17, 15) is 14.0 Å². The summed E-state index contributed by atoms with van der Waals surface area (Å²) < 4.78 is 23.4. The van der Waals surface area contributed by atoms with Crippen molar-refractivity contribution in [2.75, 3.05) is 12.4 Å². The van der Waals surface area contributed by atoms with Crippen molar-refractivity contribution >= 4 is 23.6 Å². The van der Waals surface area contributed by atoms with Gasteiger partial charge in [-0.15, -0.1) is 0 Å². The van der Waals surface area contributed by atoms with Crippen LogP contribution >= 0.6 is 0 Å². The first-order valence-corrected chi connectivity index (χ1v) is 7.57. The van der Waals surface area contributed by atoms with Crippen LogP contribution in [0.2, 0.25) is 0 Å². The zero-order chi connectivity index (χ0) is 18.2. The molecule has 0 fully saturated rings. The SMILES string of the molecule is COc1ccc(/C=C/C(=O)O[C@@H](C)C(=O)Nc2ccccc2)cc1F. The van der Waals surface area contributed by atoms with Gasteiger partial charge in [0.25, 0.3) is 5.91 Å². The van der Waals surface area contributed by atoms with E-state index >= 15 is 0 Å². The molecule has 0 aliphatic carbocycles. The van der Waals surface area contributed by atoms with Gasteiger partial charge in [-0.05, 0) is 42.8 Å². The Kier molecular flexibility index (Phi) is 6.28. The number of methoxy groups -OCH3 is 1. The molecule has 25 heavy (non-hydrogen) atoms. The molecule has 0 aromatic heterocycles. The van der Waals surface area contributed by atoms with Crippen LogP contribution in [0.3, 0.4) is 0 Å². The lowest BCUT2D eigenvalue weighted by molar-refractivity contribution is -0.148. The first-order chi connectivity index (χ1) is 12.0. The number of ether oxygens (including phenoxy) is 2. The van der Waals surface area contributed by atoms with Crippen molar-refractivity contribution < 1.29 is 23.5 Å². The minimum Gasteiger partial charge on any atom is -0.494 e. The van der Waals surface area contributed by atoms with Crippen LogP contribution in [0.4, 0.5) is 10.1 Å². The number of nitrogens with one attached hydrogen (secondary N) is 1. The van der Waals surface area contributed by atoms with E-state index in [4.69, 9.17) is 9.47 Å². The maximum Gasteiger partial charge on any atom is 0.331 e. The van der Waals surface area contributed by atoms with Crippen LogP contribution in [0.5, 0.6) is 5.75 Å². The van der Waals surface area contributed by atoms with Gasteiger partial charge in [0, 0.05) is 11.8 Å². The Balaban J connectivity index is 1.90. The lowest BCUT2D eigenvalue weighted by Gasteiger charge is -2.12. The molecule has 5 nitrogen and oxygen atoms in total. The number of benzene rings is 2. The average Bonchev–Trinajstić information content (AvgIpc) is 2.61. The molecule has 0 unspecified atom stereocenters. The minimum atomic E-state index is -0.968. The topological polar surface area (TPSA) is 64.6 Å². The van der Waals surface area contributed by atoms with E-state index in [1.54, 1.807) is 30.3 Å². The highest BCUT2D eigenvalue weighted by Crippen LogP contribution is 2.18. The number of carbonyl (C=O) groups excluding carboxylic acids is 2. The molecule has 2 aromatic carbocycles. The normalized spacial score (nSPS) is 11.8. The number of hydrogen-bond donors (Lipinski definition) is 1. The Morgan fingerprint density at radius 3 is 2.52 bits per heavy atom. The van der Waals surface area contributed by atoms with Crippen molar-refractivity contribution in [1.29, 1.82) is 0 Å². The second kappa shape index (κ2) is 8.63. The molecular weight excluding hydrogens is 325 g/mol. The summed E-state index contributed by atoms with van der Waals surface area (Å²) in [6.45, 7) is 1.47. The molecule has 0 aliphatic heterocycles. The Morgan fingerprint density at radius 1 is 1.16 bits per heavy atom. The average molecular weight is 343 g/mol. The van der Waals surface area contributed by atoms with Gasteiger partial charge in [-0.25, -0.2) is 9.18 Å². The molecular formula is C19H18FNO4. The highest BCUT2D eigenvalue weighted by atomic mass is 19.1. The van der Waals surface area contributed by atoms with Crippen molar-refractivity contribution in [3.63, 3.8) is 0 Å². The van der Waals surface area contributed by atoms with Crippen molar-refractivity contribution in [3.05, 3.63) is 66.0 Å². The number of rotatable bonds is 6. The number of halogens is 1. The van der Waals surface area contributed by atoms with Crippen LogP contribution in [0.1, 0.15) is 12.5 Å². The number of para-hydroxylation sites is 1. The van der Waals surface area contributed by atoms with E-state index in [0.29, 0.717) is 11.3 Å². The molecule has 1 N–H and O–H groups in total. The van der Waals surface area contributed by atoms with Gasteiger partial charge in [0.05, 0.1) is 7.11 Å². The highest BCUT2D eigenvalue weighted by molar-refractivity contribution is 5.96. The highest BCUT2D eigenvalue weighted by Gasteiger charge is 2.16. The third kappa shape index (κ3) is 5.46. The van der Waals surface area contributed by atoms with E-state index in [1.807, 2.05) is 6.07 Å². The smallest absolute Gasteiger partial charge is 0.331 e. The third-order valence-electron chi connectivity index (χ3n) is 3.29. The van der Waals surface area contributed by atoms with Crippen LogP contribution in [0.25, 0.3) is 6.08 Å². The number of esters is 1. The monoisotopic (exact) mass is 343 g/mol. The van der Waals surface area contributed by atoms with Gasteiger partial charge in [-0.3, -0.25) is 4.79 Å². The Morgan fingerprint density at radius 2 is 1.88 bits per heavy atom. The fraction of sp³-hybridized carbons (Fsp3) is 0.158. The maximum atomic E-state index is 13.6. The molecule has 0 heterocycles. The largest absolute Gasteiger partial charge is 0.494 e. The number of hydrogen-bond acceptors (Lipinski definition) is 4. The number of carbonyl (C=O) groups is 2. The molecule has 1 atom stereocenters. The summed E-state index contributed by atoms with van der Waals surface area (Å²) >= 11 is 0. The molecule has 6 heteroatoms. The van der Waals surface area contributed by atoms with Gasteiger partial charge in [0.2, 0.25) is 0 Å².